The van der Waals surface area contributed by atoms with Crippen molar-refractivity contribution in [3.63, 3.8) is 0 Å². The molecule has 0 bridgehead atoms. The van der Waals surface area contributed by atoms with Crippen molar-refractivity contribution in [2.24, 2.45) is 0 Å². The van der Waals surface area contributed by atoms with Crippen molar-refractivity contribution < 1.29 is 14.6 Å². The molecule has 0 aliphatic carbocycles. The molecular weight excluding hydrogens is 300 g/mol. The molecule has 0 saturated carbocycles. The lowest BCUT2D eigenvalue weighted by Gasteiger charge is -2.09. The second-order valence-corrected chi connectivity index (χ2v) is 5.88. The molecule has 0 aliphatic heterocycles. The first-order chi connectivity index (χ1) is 11.8. The summed E-state index contributed by atoms with van der Waals surface area (Å²) in [4.78, 5) is 0. The molecule has 2 aromatic rings. The Kier molecular flexibility index (Phi) is 8.19. The number of hydrogen-bond acceptors (Lipinski definition) is 3. The van der Waals surface area contributed by atoms with E-state index >= 15 is 0 Å². The van der Waals surface area contributed by atoms with E-state index in [2.05, 4.69) is 31.2 Å². The third-order valence-electron chi connectivity index (χ3n) is 3.88. The van der Waals surface area contributed by atoms with Gasteiger partial charge in [-0.15, -0.1) is 0 Å². The molecule has 2 rings (SSSR count). The zero-order valence-electron chi connectivity index (χ0n) is 14.5. The van der Waals surface area contributed by atoms with Crippen LogP contribution in [0, 0.1) is 0 Å². The molecule has 3 nitrogen and oxygen atoms in total. The number of unbranched alkanes of at least 4 members (excludes halogenated alkanes) is 3. The normalized spacial score (nSPS) is 10.6. The Hall–Kier alpha value is -2.00. The summed E-state index contributed by atoms with van der Waals surface area (Å²) in [6.45, 7) is 3.71. The quantitative estimate of drug-likeness (QED) is 0.585. The lowest BCUT2D eigenvalue weighted by molar-refractivity contribution is 0.233. The number of benzene rings is 2. The Labute approximate surface area is 145 Å². The van der Waals surface area contributed by atoms with Gasteiger partial charge in [-0.2, -0.15) is 0 Å². The van der Waals surface area contributed by atoms with Gasteiger partial charge < -0.3 is 14.6 Å². The summed E-state index contributed by atoms with van der Waals surface area (Å²) >= 11 is 0. The summed E-state index contributed by atoms with van der Waals surface area (Å²) in [5.41, 5.74) is 2.31. The second kappa shape index (κ2) is 10.7. The fourth-order valence-electron chi connectivity index (χ4n) is 2.46. The van der Waals surface area contributed by atoms with Gasteiger partial charge in [-0.3, -0.25) is 0 Å². The highest BCUT2D eigenvalue weighted by Crippen LogP contribution is 2.24. The van der Waals surface area contributed by atoms with Crippen LogP contribution in [0.15, 0.2) is 48.5 Å². The molecule has 0 fully saturated rings. The van der Waals surface area contributed by atoms with Gasteiger partial charge in [-0.1, -0.05) is 50.5 Å². The summed E-state index contributed by atoms with van der Waals surface area (Å²) < 4.78 is 11.3. The highest BCUT2D eigenvalue weighted by Gasteiger charge is 2.00. The van der Waals surface area contributed by atoms with Crippen molar-refractivity contribution in [2.45, 2.75) is 39.0 Å². The standard InChI is InChI=1S/C21H28O3/c1-2-3-4-5-16-23-20-11-7-18(8-12-20)19-9-13-21(14-10-19)24-17-6-15-22/h7-14,22H,2-6,15-17H2,1H3. The fourth-order valence-corrected chi connectivity index (χ4v) is 2.46. The van der Waals surface area contributed by atoms with Gasteiger partial charge in [0.25, 0.3) is 0 Å². The molecule has 0 amide bonds. The van der Waals surface area contributed by atoms with Crippen LogP contribution in [0.25, 0.3) is 11.1 Å². The number of aliphatic hydroxyl groups excluding tert-OH is 1. The minimum Gasteiger partial charge on any atom is -0.494 e. The van der Waals surface area contributed by atoms with Crippen LogP contribution in [0.3, 0.4) is 0 Å². The van der Waals surface area contributed by atoms with Crippen molar-refractivity contribution in [1.82, 2.24) is 0 Å². The largest absolute Gasteiger partial charge is 0.494 e. The van der Waals surface area contributed by atoms with Gasteiger partial charge >= 0.3 is 0 Å². The Morgan fingerprint density at radius 1 is 0.667 bits per heavy atom. The number of hydrogen-bond donors (Lipinski definition) is 1. The molecule has 0 unspecified atom stereocenters. The van der Waals surface area contributed by atoms with Crippen molar-refractivity contribution in [2.75, 3.05) is 19.8 Å². The average Bonchev–Trinajstić information content (AvgIpc) is 2.63. The monoisotopic (exact) mass is 328 g/mol. The number of rotatable bonds is 11. The van der Waals surface area contributed by atoms with Gasteiger partial charge in [0.1, 0.15) is 11.5 Å². The third kappa shape index (κ3) is 6.25. The molecule has 0 aromatic heterocycles. The van der Waals surface area contributed by atoms with Crippen LogP contribution in [0.5, 0.6) is 11.5 Å². The lowest BCUT2D eigenvalue weighted by atomic mass is 10.1. The van der Waals surface area contributed by atoms with Crippen molar-refractivity contribution in [3.05, 3.63) is 48.5 Å². The van der Waals surface area contributed by atoms with Gasteiger partial charge in [0.2, 0.25) is 0 Å². The zero-order valence-corrected chi connectivity index (χ0v) is 14.5. The first-order valence-corrected chi connectivity index (χ1v) is 8.90. The van der Waals surface area contributed by atoms with E-state index in [1.165, 1.54) is 19.3 Å². The van der Waals surface area contributed by atoms with E-state index in [1.807, 2.05) is 24.3 Å². The number of ether oxygens (including phenoxy) is 2. The Morgan fingerprint density at radius 2 is 1.17 bits per heavy atom. The molecular formula is C21H28O3. The van der Waals surface area contributed by atoms with Crippen LogP contribution in [-0.4, -0.2) is 24.9 Å². The molecule has 3 heteroatoms. The van der Waals surface area contributed by atoms with Crippen LogP contribution in [-0.2, 0) is 0 Å². The van der Waals surface area contributed by atoms with Gasteiger partial charge in [0.15, 0.2) is 0 Å². The van der Waals surface area contributed by atoms with E-state index in [1.54, 1.807) is 0 Å². The minimum atomic E-state index is 0.158. The van der Waals surface area contributed by atoms with Crippen LogP contribution in [0.4, 0.5) is 0 Å². The van der Waals surface area contributed by atoms with Crippen molar-refractivity contribution >= 4 is 0 Å². The first-order valence-electron chi connectivity index (χ1n) is 8.90. The van der Waals surface area contributed by atoms with Crippen molar-refractivity contribution in [3.8, 4) is 22.6 Å². The van der Waals surface area contributed by atoms with E-state index in [4.69, 9.17) is 14.6 Å². The second-order valence-electron chi connectivity index (χ2n) is 5.88. The van der Waals surface area contributed by atoms with Crippen LogP contribution in [0.2, 0.25) is 0 Å². The molecule has 0 aliphatic rings. The summed E-state index contributed by atoms with van der Waals surface area (Å²) in [6, 6.07) is 16.3. The van der Waals surface area contributed by atoms with Crippen molar-refractivity contribution in [1.29, 1.82) is 0 Å². The topological polar surface area (TPSA) is 38.7 Å². The maximum absolute atomic E-state index is 8.76. The summed E-state index contributed by atoms with van der Waals surface area (Å²) in [5.74, 6) is 1.76. The summed E-state index contributed by atoms with van der Waals surface area (Å²) in [5, 5.41) is 8.76. The SMILES string of the molecule is CCCCCCOc1ccc(-c2ccc(OCCCO)cc2)cc1. The molecule has 0 heterocycles. The molecule has 2 aromatic carbocycles. The molecule has 130 valence electrons. The molecule has 1 N–H and O–H groups in total. The van der Waals surface area contributed by atoms with E-state index in [0.29, 0.717) is 13.0 Å². The van der Waals surface area contributed by atoms with E-state index in [9.17, 15) is 0 Å². The van der Waals surface area contributed by atoms with E-state index in [-0.39, 0.29) is 6.61 Å². The minimum absolute atomic E-state index is 0.158. The Morgan fingerprint density at radius 3 is 1.62 bits per heavy atom. The van der Waals surface area contributed by atoms with Crippen LogP contribution < -0.4 is 9.47 Å². The molecule has 0 saturated heterocycles. The molecule has 24 heavy (non-hydrogen) atoms. The van der Waals surface area contributed by atoms with E-state index in [0.717, 1.165) is 35.7 Å². The Bertz CT molecular complexity index is 561. The first kappa shape index (κ1) is 18.3. The van der Waals surface area contributed by atoms with Crippen LogP contribution in [0.1, 0.15) is 39.0 Å². The average molecular weight is 328 g/mol. The smallest absolute Gasteiger partial charge is 0.119 e. The molecule has 0 atom stereocenters. The van der Waals surface area contributed by atoms with Gasteiger partial charge in [0, 0.05) is 13.0 Å². The third-order valence-corrected chi connectivity index (χ3v) is 3.88. The lowest BCUT2D eigenvalue weighted by Crippen LogP contribution is -1.99. The van der Waals surface area contributed by atoms with Crippen LogP contribution >= 0.6 is 0 Å². The maximum Gasteiger partial charge on any atom is 0.119 e. The van der Waals surface area contributed by atoms with Gasteiger partial charge in [-0.25, -0.2) is 0 Å². The van der Waals surface area contributed by atoms with Gasteiger partial charge in [0.05, 0.1) is 13.2 Å². The predicted octanol–water partition coefficient (Wildman–Crippen LogP) is 5.07. The fraction of sp³-hybridized carbons (Fsp3) is 0.429. The highest BCUT2D eigenvalue weighted by molar-refractivity contribution is 5.64. The molecule has 0 radical (unpaired) electrons. The summed E-state index contributed by atoms with van der Waals surface area (Å²) in [6.07, 6.45) is 5.54. The zero-order chi connectivity index (χ0) is 17.0. The molecule has 0 spiro atoms. The number of aliphatic hydroxyl groups is 1. The maximum atomic E-state index is 8.76. The summed E-state index contributed by atoms with van der Waals surface area (Å²) in [7, 11) is 0. The predicted molar refractivity (Wildman–Crippen MR) is 98.7 cm³/mol. The highest BCUT2D eigenvalue weighted by atomic mass is 16.5. The van der Waals surface area contributed by atoms with E-state index < -0.39 is 0 Å². The Balaban J connectivity index is 1.83. The van der Waals surface area contributed by atoms with Gasteiger partial charge in [-0.05, 0) is 41.8 Å².